The lowest BCUT2D eigenvalue weighted by Gasteiger charge is -2.51. The third-order valence-corrected chi connectivity index (χ3v) is 9.22. The first-order chi connectivity index (χ1) is 19.4. The Kier molecular flexibility index (Phi) is 7.37. The number of benzene rings is 2. The normalized spacial score (nSPS) is 22.2. The summed E-state index contributed by atoms with van der Waals surface area (Å²) in [6.45, 7) is 5.42. The molecule has 2 fully saturated rings. The van der Waals surface area contributed by atoms with Gasteiger partial charge in [-0.3, -0.25) is 9.78 Å². The van der Waals surface area contributed by atoms with Crippen LogP contribution in [0.4, 0.5) is 0 Å². The maximum absolute atomic E-state index is 11.3. The molecule has 0 bridgehead atoms. The standard InChI is InChI=1S/C34H38N2O4/c1-20(2)26-7-8-27(26)28-9-10-29(28)32-16-24-13-21(19-39-31-6-4-3-5-23(31)17-33(37)38)14-30(34(24)40-32)22-11-12-36-25(15-22)18-35/h3-6,11-16,20,26-29H,7-10,17-19,35H2,1-2H3,(H,37,38). The molecule has 2 aliphatic rings. The summed E-state index contributed by atoms with van der Waals surface area (Å²) >= 11 is 0. The van der Waals surface area contributed by atoms with Crippen LogP contribution < -0.4 is 10.5 Å². The molecular formula is C34H38N2O4. The highest BCUT2D eigenvalue weighted by Crippen LogP contribution is 2.56. The number of furan rings is 1. The molecule has 2 aromatic carbocycles. The van der Waals surface area contributed by atoms with Gasteiger partial charge in [0.1, 0.15) is 23.7 Å². The molecule has 0 spiro atoms. The van der Waals surface area contributed by atoms with Gasteiger partial charge >= 0.3 is 5.97 Å². The SMILES string of the molecule is CC(C)C1CCC1C1CCC1c1cc2cc(COc3ccccc3CC(=O)O)cc(-c3ccnc(CN)c3)c2o1. The van der Waals surface area contributed by atoms with E-state index in [1.165, 1.54) is 25.7 Å². The maximum atomic E-state index is 11.3. The van der Waals surface area contributed by atoms with Crippen molar-refractivity contribution >= 4 is 16.9 Å². The van der Waals surface area contributed by atoms with E-state index in [4.69, 9.17) is 14.9 Å². The number of pyridine rings is 1. The lowest BCUT2D eigenvalue weighted by atomic mass is 9.54. The molecular weight excluding hydrogens is 500 g/mol. The van der Waals surface area contributed by atoms with Crippen LogP contribution in [0.5, 0.6) is 5.75 Å². The number of hydrogen-bond acceptors (Lipinski definition) is 5. The number of nitrogens with two attached hydrogens (primary N) is 1. The van der Waals surface area contributed by atoms with Crippen LogP contribution in [0.25, 0.3) is 22.1 Å². The van der Waals surface area contributed by atoms with Gasteiger partial charge in [-0.2, -0.15) is 0 Å². The van der Waals surface area contributed by atoms with Gasteiger partial charge in [0.2, 0.25) is 0 Å². The van der Waals surface area contributed by atoms with E-state index in [2.05, 4.69) is 37.0 Å². The van der Waals surface area contributed by atoms with Crippen molar-refractivity contribution in [3.63, 3.8) is 0 Å². The fourth-order valence-corrected chi connectivity index (χ4v) is 6.89. The Morgan fingerprint density at radius 2 is 1.90 bits per heavy atom. The van der Waals surface area contributed by atoms with Crippen LogP contribution in [0.15, 0.2) is 65.2 Å². The smallest absolute Gasteiger partial charge is 0.307 e. The van der Waals surface area contributed by atoms with E-state index >= 15 is 0 Å². The molecule has 6 nitrogen and oxygen atoms in total. The lowest BCUT2D eigenvalue weighted by molar-refractivity contribution is -0.136. The molecule has 2 heterocycles. The van der Waals surface area contributed by atoms with E-state index in [-0.39, 0.29) is 6.42 Å². The Labute approximate surface area is 235 Å². The summed E-state index contributed by atoms with van der Waals surface area (Å²) < 4.78 is 12.9. The molecule has 0 radical (unpaired) electrons. The van der Waals surface area contributed by atoms with Crippen molar-refractivity contribution in [3.05, 3.63) is 83.4 Å². The van der Waals surface area contributed by atoms with Gasteiger partial charge in [-0.05, 0) is 96.9 Å². The topological polar surface area (TPSA) is 98.6 Å². The van der Waals surface area contributed by atoms with E-state index < -0.39 is 5.97 Å². The van der Waals surface area contributed by atoms with Crippen molar-refractivity contribution in [3.8, 4) is 16.9 Å². The monoisotopic (exact) mass is 538 g/mol. The number of carbonyl (C=O) groups is 1. The minimum Gasteiger partial charge on any atom is -0.489 e. The average molecular weight is 539 g/mol. The van der Waals surface area contributed by atoms with Crippen LogP contribution in [0.2, 0.25) is 0 Å². The summed E-state index contributed by atoms with van der Waals surface area (Å²) in [5.41, 5.74) is 11.3. The van der Waals surface area contributed by atoms with Gasteiger partial charge in [0.05, 0.1) is 12.1 Å². The quantitative estimate of drug-likeness (QED) is 0.219. The summed E-state index contributed by atoms with van der Waals surface area (Å²) in [4.78, 5) is 15.7. The van der Waals surface area contributed by atoms with E-state index in [1.807, 2.05) is 30.3 Å². The van der Waals surface area contributed by atoms with Crippen LogP contribution in [0.1, 0.15) is 68.0 Å². The molecule has 4 unspecified atom stereocenters. The maximum Gasteiger partial charge on any atom is 0.307 e. The zero-order chi connectivity index (χ0) is 27.8. The average Bonchev–Trinajstić information content (AvgIpc) is 3.31. The predicted molar refractivity (Wildman–Crippen MR) is 156 cm³/mol. The number of hydrogen-bond donors (Lipinski definition) is 2. The Morgan fingerprint density at radius 1 is 1.07 bits per heavy atom. The first-order valence-electron chi connectivity index (χ1n) is 14.6. The number of rotatable bonds is 10. The van der Waals surface area contributed by atoms with Gasteiger partial charge < -0.3 is 20.0 Å². The van der Waals surface area contributed by atoms with Crippen LogP contribution in [-0.2, 0) is 24.4 Å². The van der Waals surface area contributed by atoms with Crippen molar-refractivity contribution in [1.29, 1.82) is 0 Å². The van der Waals surface area contributed by atoms with Crippen LogP contribution >= 0.6 is 0 Å². The molecule has 0 amide bonds. The van der Waals surface area contributed by atoms with E-state index in [0.29, 0.717) is 36.3 Å². The Morgan fingerprint density at radius 3 is 2.60 bits per heavy atom. The second kappa shape index (κ2) is 11.1. The Hall–Kier alpha value is -3.64. The molecule has 2 saturated carbocycles. The van der Waals surface area contributed by atoms with Crippen molar-refractivity contribution in [1.82, 2.24) is 4.98 Å². The largest absolute Gasteiger partial charge is 0.489 e. The third kappa shape index (κ3) is 5.13. The highest BCUT2D eigenvalue weighted by Gasteiger charge is 2.47. The molecule has 208 valence electrons. The second-order valence-corrected chi connectivity index (χ2v) is 11.9. The first kappa shape index (κ1) is 26.6. The number of ether oxygens (including phenoxy) is 1. The number of nitrogens with zero attached hydrogens (tertiary/aromatic N) is 1. The molecule has 2 aliphatic carbocycles. The molecule has 0 saturated heterocycles. The molecule has 4 aromatic rings. The fourth-order valence-electron chi connectivity index (χ4n) is 6.89. The van der Waals surface area contributed by atoms with Gasteiger partial charge in [-0.1, -0.05) is 32.0 Å². The molecule has 6 heteroatoms. The Balaban J connectivity index is 1.34. The van der Waals surface area contributed by atoms with Gasteiger partial charge in [0, 0.05) is 35.2 Å². The number of fused-ring (bicyclic) bond motifs is 1. The van der Waals surface area contributed by atoms with E-state index in [1.54, 1.807) is 12.3 Å². The van der Waals surface area contributed by atoms with Crippen LogP contribution in [0, 0.1) is 23.7 Å². The van der Waals surface area contributed by atoms with Crippen LogP contribution in [-0.4, -0.2) is 16.1 Å². The van der Waals surface area contributed by atoms with E-state index in [9.17, 15) is 9.90 Å². The number of aromatic nitrogens is 1. The third-order valence-electron chi connectivity index (χ3n) is 9.22. The van der Waals surface area contributed by atoms with Crippen molar-refractivity contribution < 1.29 is 19.1 Å². The van der Waals surface area contributed by atoms with Crippen molar-refractivity contribution in [2.45, 2.75) is 65.0 Å². The van der Waals surface area contributed by atoms with Gasteiger partial charge in [-0.25, -0.2) is 0 Å². The summed E-state index contributed by atoms with van der Waals surface area (Å²) in [6.07, 6.45) is 6.90. The zero-order valence-electron chi connectivity index (χ0n) is 23.3. The predicted octanol–water partition coefficient (Wildman–Crippen LogP) is 7.34. The summed E-state index contributed by atoms with van der Waals surface area (Å²) in [5, 5.41) is 10.4. The Bertz CT molecular complexity index is 1520. The van der Waals surface area contributed by atoms with Crippen LogP contribution in [0.3, 0.4) is 0 Å². The number of carboxylic acid groups (broad SMARTS) is 1. The minimum atomic E-state index is -0.880. The van der Waals surface area contributed by atoms with Crippen molar-refractivity contribution in [2.24, 2.45) is 29.4 Å². The van der Waals surface area contributed by atoms with Gasteiger partial charge in [0.15, 0.2) is 0 Å². The first-order valence-corrected chi connectivity index (χ1v) is 14.6. The highest BCUT2D eigenvalue weighted by molar-refractivity contribution is 5.93. The number of aliphatic carboxylic acids is 1. The number of para-hydroxylation sites is 1. The highest BCUT2D eigenvalue weighted by atomic mass is 16.5. The lowest BCUT2D eigenvalue weighted by Crippen LogP contribution is -2.42. The van der Waals surface area contributed by atoms with E-state index in [0.717, 1.165) is 56.9 Å². The van der Waals surface area contributed by atoms with Gasteiger partial charge in [0.25, 0.3) is 0 Å². The summed E-state index contributed by atoms with van der Waals surface area (Å²) in [6, 6.07) is 17.8. The molecule has 4 atom stereocenters. The molecule has 3 N–H and O–H groups in total. The summed E-state index contributed by atoms with van der Waals surface area (Å²) in [5.74, 6) is 4.39. The zero-order valence-corrected chi connectivity index (χ0v) is 23.3. The van der Waals surface area contributed by atoms with Gasteiger partial charge in [-0.15, -0.1) is 0 Å². The number of carboxylic acids is 1. The second-order valence-electron chi connectivity index (χ2n) is 11.9. The molecule has 0 aliphatic heterocycles. The fraction of sp³-hybridized carbons (Fsp3) is 0.412. The minimum absolute atomic E-state index is 0.0777. The molecule has 6 rings (SSSR count). The summed E-state index contributed by atoms with van der Waals surface area (Å²) in [7, 11) is 0. The molecule has 40 heavy (non-hydrogen) atoms. The van der Waals surface area contributed by atoms with Crippen molar-refractivity contribution in [2.75, 3.05) is 0 Å². The molecule has 2 aromatic heterocycles.